The van der Waals surface area contributed by atoms with Gasteiger partial charge in [-0.3, -0.25) is 0 Å². The summed E-state index contributed by atoms with van der Waals surface area (Å²) in [5.41, 5.74) is 2.14. The molecule has 0 aromatic heterocycles. The van der Waals surface area contributed by atoms with Gasteiger partial charge in [-0.05, 0) is 70.9 Å². The third kappa shape index (κ3) is 4.01. The molecular weight excluding hydrogens is 352 g/mol. The van der Waals surface area contributed by atoms with E-state index in [0.29, 0.717) is 0 Å². The van der Waals surface area contributed by atoms with Crippen molar-refractivity contribution in [2.24, 2.45) is 0 Å². The second-order valence-electron chi connectivity index (χ2n) is 4.50. The van der Waals surface area contributed by atoms with Gasteiger partial charge in [-0.25, -0.2) is 4.39 Å². The van der Waals surface area contributed by atoms with Gasteiger partial charge in [-0.2, -0.15) is 0 Å². The van der Waals surface area contributed by atoms with Crippen molar-refractivity contribution in [3.05, 3.63) is 69.0 Å². The zero-order valence-electron chi connectivity index (χ0n) is 10.9. The van der Waals surface area contributed by atoms with E-state index in [2.05, 4.69) is 53.0 Å². The van der Waals surface area contributed by atoms with Crippen LogP contribution in [0.25, 0.3) is 0 Å². The Morgan fingerprint density at radius 3 is 2.42 bits per heavy atom. The first kappa shape index (κ1) is 14.5. The standard InChI is InChI=1S/C16H17FIN/c1-2-9-19-16(12-5-3-7-14(17)10-12)13-6-4-8-15(18)11-13/h3-8,10-11,16,19H,2,9H2,1H3. The monoisotopic (exact) mass is 369 g/mol. The molecule has 2 rings (SSSR count). The molecule has 0 aliphatic heterocycles. The molecule has 1 nitrogen and oxygen atoms in total. The molecule has 0 spiro atoms. The second-order valence-corrected chi connectivity index (χ2v) is 5.74. The molecule has 0 aliphatic rings. The van der Waals surface area contributed by atoms with Crippen LogP contribution in [0.2, 0.25) is 0 Å². The van der Waals surface area contributed by atoms with E-state index in [4.69, 9.17) is 0 Å². The summed E-state index contributed by atoms with van der Waals surface area (Å²) >= 11 is 2.30. The first-order valence-electron chi connectivity index (χ1n) is 6.45. The largest absolute Gasteiger partial charge is 0.306 e. The van der Waals surface area contributed by atoms with Crippen LogP contribution >= 0.6 is 22.6 Å². The molecule has 0 bridgehead atoms. The molecule has 3 heteroatoms. The highest BCUT2D eigenvalue weighted by Crippen LogP contribution is 2.24. The van der Waals surface area contributed by atoms with Crippen LogP contribution in [0, 0.1) is 9.39 Å². The number of rotatable bonds is 5. The summed E-state index contributed by atoms with van der Waals surface area (Å²) in [5, 5.41) is 3.49. The minimum Gasteiger partial charge on any atom is -0.306 e. The zero-order chi connectivity index (χ0) is 13.7. The maximum Gasteiger partial charge on any atom is 0.123 e. The molecule has 2 aromatic rings. The second kappa shape index (κ2) is 7.01. The Kier molecular flexibility index (Phi) is 5.34. The third-order valence-electron chi connectivity index (χ3n) is 2.96. The average molecular weight is 369 g/mol. The number of nitrogens with one attached hydrogen (secondary N) is 1. The fraction of sp³-hybridized carbons (Fsp3) is 0.250. The van der Waals surface area contributed by atoms with Crippen molar-refractivity contribution in [3.8, 4) is 0 Å². The maximum atomic E-state index is 13.4. The maximum absolute atomic E-state index is 13.4. The Morgan fingerprint density at radius 2 is 1.79 bits per heavy atom. The minimum absolute atomic E-state index is 0.0466. The lowest BCUT2D eigenvalue weighted by Gasteiger charge is -2.20. The molecule has 1 unspecified atom stereocenters. The molecule has 0 amide bonds. The van der Waals surface area contributed by atoms with Gasteiger partial charge in [0, 0.05) is 3.57 Å². The van der Waals surface area contributed by atoms with Gasteiger partial charge in [0.25, 0.3) is 0 Å². The first-order valence-corrected chi connectivity index (χ1v) is 7.53. The molecule has 1 N–H and O–H groups in total. The molecule has 0 heterocycles. The van der Waals surface area contributed by atoms with Crippen LogP contribution in [0.1, 0.15) is 30.5 Å². The van der Waals surface area contributed by atoms with Crippen molar-refractivity contribution >= 4 is 22.6 Å². The molecule has 0 radical (unpaired) electrons. The highest BCUT2D eigenvalue weighted by atomic mass is 127. The van der Waals surface area contributed by atoms with Crippen LogP contribution in [-0.4, -0.2) is 6.54 Å². The predicted molar refractivity (Wildman–Crippen MR) is 85.7 cm³/mol. The van der Waals surface area contributed by atoms with E-state index in [-0.39, 0.29) is 11.9 Å². The molecule has 19 heavy (non-hydrogen) atoms. The molecule has 100 valence electrons. The van der Waals surface area contributed by atoms with E-state index in [1.54, 1.807) is 12.1 Å². The van der Waals surface area contributed by atoms with E-state index >= 15 is 0 Å². The first-order chi connectivity index (χ1) is 9.20. The summed E-state index contributed by atoms with van der Waals surface area (Å²) in [6, 6.07) is 15.2. The van der Waals surface area contributed by atoms with E-state index in [0.717, 1.165) is 18.5 Å². The fourth-order valence-corrected chi connectivity index (χ4v) is 2.66. The Morgan fingerprint density at radius 1 is 1.11 bits per heavy atom. The predicted octanol–water partition coefficient (Wildman–Crippen LogP) is 4.52. The van der Waals surface area contributed by atoms with Gasteiger partial charge in [0.1, 0.15) is 5.82 Å². The van der Waals surface area contributed by atoms with Gasteiger partial charge >= 0.3 is 0 Å². The van der Waals surface area contributed by atoms with Gasteiger partial charge < -0.3 is 5.32 Å². The van der Waals surface area contributed by atoms with E-state index in [1.165, 1.54) is 15.2 Å². The molecular formula is C16H17FIN. The molecule has 0 saturated carbocycles. The molecule has 1 atom stereocenters. The van der Waals surface area contributed by atoms with E-state index in [9.17, 15) is 4.39 Å². The van der Waals surface area contributed by atoms with Crippen LogP contribution in [0.3, 0.4) is 0 Å². The topological polar surface area (TPSA) is 12.0 Å². The SMILES string of the molecule is CCCNC(c1cccc(F)c1)c1cccc(I)c1. The normalized spacial score (nSPS) is 12.4. The van der Waals surface area contributed by atoms with E-state index in [1.807, 2.05) is 12.1 Å². The van der Waals surface area contributed by atoms with Crippen LogP contribution in [0.15, 0.2) is 48.5 Å². The average Bonchev–Trinajstić information content (AvgIpc) is 2.39. The van der Waals surface area contributed by atoms with E-state index < -0.39 is 0 Å². The quantitative estimate of drug-likeness (QED) is 0.765. The van der Waals surface area contributed by atoms with Crippen LogP contribution in [0.4, 0.5) is 4.39 Å². The zero-order valence-corrected chi connectivity index (χ0v) is 13.0. The Bertz CT molecular complexity index is 496. The number of hydrogen-bond donors (Lipinski definition) is 1. The lowest BCUT2D eigenvalue weighted by molar-refractivity contribution is 0.585. The van der Waals surface area contributed by atoms with Gasteiger partial charge in [0.05, 0.1) is 6.04 Å². The third-order valence-corrected chi connectivity index (χ3v) is 3.63. The summed E-state index contributed by atoms with van der Waals surface area (Å²) < 4.78 is 14.6. The summed E-state index contributed by atoms with van der Waals surface area (Å²) in [7, 11) is 0. The van der Waals surface area contributed by atoms with Crippen molar-refractivity contribution in [2.75, 3.05) is 6.54 Å². The number of benzene rings is 2. The van der Waals surface area contributed by atoms with Crippen LogP contribution in [-0.2, 0) is 0 Å². The minimum atomic E-state index is -0.188. The van der Waals surface area contributed by atoms with Crippen molar-refractivity contribution in [2.45, 2.75) is 19.4 Å². The summed E-state index contributed by atoms with van der Waals surface area (Å²) in [5.74, 6) is -0.188. The van der Waals surface area contributed by atoms with Crippen molar-refractivity contribution in [1.29, 1.82) is 0 Å². The van der Waals surface area contributed by atoms with Crippen molar-refractivity contribution in [3.63, 3.8) is 0 Å². The van der Waals surface area contributed by atoms with Crippen LogP contribution < -0.4 is 5.32 Å². The Labute approximate surface area is 127 Å². The Balaban J connectivity index is 2.35. The summed E-state index contributed by atoms with van der Waals surface area (Å²) in [6.45, 7) is 3.04. The summed E-state index contributed by atoms with van der Waals surface area (Å²) in [6.07, 6.45) is 1.05. The molecule has 2 aromatic carbocycles. The molecule has 0 fully saturated rings. The Hall–Kier alpha value is -0.940. The highest BCUT2D eigenvalue weighted by Gasteiger charge is 2.13. The fourth-order valence-electron chi connectivity index (χ4n) is 2.09. The molecule has 0 saturated heterocycles. The van der Waals surface area contributed by atoms with Crippen LogP contribution in [0.5, 0.6) is 0 Å². The van der Waals surface area contributed by atoms with Gasteiger partial charge in [-0.15, -0.1) is 0 Å². The lowest BCUT2D eigenvalue weighted by atomic mass is 9.98. The lowest BCUT2D eigenvalue weighted by Crippen LogP contribution is -2.23. The van der Waals surface area contributed by atoms with Crippen molar-refractivity contribution < 1.29 is 4.39 Å². The molecule has 0 aliphatic carbocycles. The van der Waals surface area contributed by atoms with Crippen molar-refractivity contribution in [1.82, 2.24) is 5.32 Å². The van der Waals surface area contributed by atoms with Gasteiger partial charge in [-0.1, -0.05) is 31.2 Å². The summed E-state index contributed by atoms with van der Waals surface area (Å²) in [4.78, 5) is 0. The number of hydrogen-bond acceptors (Lipinski definition) is 1. The van der Waals surface area contributed by atoms with Gasteiger partial charge in [0.2, 0.25) is 0 Å². The highest BCUT2D eigenvalue weighted by molar-refractivity contribution is 14.1. The van der Waals surface area contributed by atoms with Gasteiger partial charge in [0.15, 0.2) is 0 Å². The number of halogens is 2. The smallest absolute Gasteiger partial charge is 0.123 e.